The highest BCUT2D eigenvalue weighted by atomic mass is 32.1. The normalized spacial score (nSPS) is 11.4. The molecule has 2 aromatic rings. The van der Waals surface area contributed by atoms with Gasteiger partial charge in [0.15, 0.2) is 5.84 Å². The van der Waals surface area contributed by atoms with E-state index < -0.39 is 0 Å². The summed E-state index contributed by atoms with van der Waals surface area (Å²) < 4.78 is 0. The lowest BCUT2D eigenvalue weighted by molar-refractivity contribution is 0.103. The first-order valence-corrected chi connectivity index (χ1v) is 7.41. The molecule has 0 saturated carbocycles. The van der Waals surface area contributed by atoms with Crippen molar-refractivity contribution in [2.45, 2.75) is 20.3 Å². The van der Waals surface area contributed by atoms with Crippen LogP contribution in [-0.4, -0.2) is 17.0 Å². The molecule has 0 unspecified atom stereocenters. The number of carbonyl (C=O) groups excluding carboxylic acids is 1. The maximum atomic E-state index is 12.4. The van der Waals surface area contributed by atoms with Crippen LogP contribution in [0.15, 0.2) is 34.8 Å². The van der Waals surface area contributed by atoms with Gasteiger partial charge in [-0.15, -0.1) is 11.3 Å². The molecule has 1 aromatic heterocycles. The van der Waals surface area contributed by atoms with E-state index in [9.17, 15) is 4.79 Å². The van der Waals surface area contributed by atoms with Gasteiger partial charge in [-0.3, -0.25) is 4.79 Å². The Balaban J connectivity index is 2.36. The average molecular weight is 303 g/mol. The average Bonchev–Trinajstić information content (AvgIpc) is 2.95. The first-order chi connectivity index (χ1) is 10.1. The van der Waals surface area contributed by atoms with Gasteiger partial charge in [0.1, 0.15) is 0 Å². The first kappa shape index (κ1) is 15.1. The fraction of sp³-hybridized carbons (Fsp3) is 0.200. The molecule has 0 radical (unpaired) electrons. The number of carbonyl (C=O) groups is 1. The number of oxime groups is 1. The number of hydrogen-bond donors (Lipinski definition) is 3. The van der Waals surface area contributed by atoms with Crippen LogP contribution < -0.4 is 11.1 Å². The number of aryl methyl sites for hydroxylation is 2. The molecule has 2 rings (SSSR count). The molecule has 21 heavy (non-hydrogen) atoms. The summed E-state index contributed by atoms with van der Waals surface area (Å²) in [4.78, 5) is 13.1. The number of thiophene rings is 1. The number of nitrogens with one attached hydrogen (secondary N) is 1. The smallest absolute Gasteiger partial charge is 0.266 e. The van der Waals surface area contributed by atoms with E-state index in [1.807, 2.05) is 37.4 Å². The Morgan fingerprint density at radius 3 is 2.86 bits per heavy atom. The van der Waals surface area contributed by atoms with Crippen LogP contribution in [0.4, 0.5) is 5.69 Å². The third-order valence-corrected chi connectivity index (χ3v) is 4.17. The van der Waals surface area contributed by atoms with Crippen LogP contribution in [0, 0.1) is 6.92 Å². The van der Waals surface area contributed by atoms with Gasteiger partial charge in [-0.05, 0) is 42.0 Å². The molecule has 0 saturated heterocycles. The number of hydrogen-bond acceptors (Lipinski definition) is 4. The minimum atomic E-state index is -0.181. The largest absolute Gasteiger partial charge is 0.409 e. The molecule has 110 valence electrons. The molecule has 0 aliphatic carbocycles. The SMILES string of the molecule is CCc1ccsc1C(=O)Nc1cccc(C)c1/C(N)=N/O. The van der Waals surface area contributed by atoms with E-state index in [1.165, 1.54) is 11.3 Å². The second kappa shape index (κ2) is 6.41. The third kappa shape index (κ3) is 3.05. The van der Waals surface area contributed by atoms with E-state index in [4.69, 9.17) is 10.9 Å². The van der Waals surface area contributed by atoms with Gasteiger partial charge >= 0.3 is 0 Å². The second-order valence-electron chi connectivity index (χ2n) is 4.57. The van der Waals surface area contributed by atoms with Gasteiger partial charge < -0.3 is 16.3 Å². The van der Waals surface area contributed by atoms with Crippen LogP contribution >= 0.6 is 11.3 Å². The van der Waals surface area contributed by atoms with Crippen LogP contribution in [0.3, 0.4) is 0 Å². The maximum Gasteiger partial charge on any atom is 0.266 e. The Hall–Kier alpha value is -2.34. The first-order valence-electron chi connectivity index (χ1n) is 6.53. The predicted octanol–water partition coefficient (Wildman–Crippen LogP) is 2.97. The molecule has 0 aliphatic rings. The Kier molecular flexibility index (Phi) is 4.59. The lowest BCUT2D eigenvalue weighted by Gasteiger charge is -2.12. The van der Waals surface area contributed by atoms with Gasteiger partial charge in [0, 0.05) is 5.56 Å². The molecule has 0 aliphatic heterocycles. The van der Waals surface area contributed by atoms with Crippen LogP contribution in [0.25, 0.3) is 0 Å². The van der Waals surface area contributed by atoms with E-state index in [0.29, 0.717) is 16.1 Å². The van der Waals surface area contributed by atoms with Crippen LogP contribution in [0.2, 0.25) is 0 Å². The molecule has 1 amide bonds. The summed E-state index contributed by atoms with van der Waals surface area (Å²) in [5.74, 6) is -0.204. The quantitative estimate of drug-likeness (QED) is 0.351. The van der Waals surface area contributed by atoms with Crippen LogP contribution in [0.5, 0.6) is 0 Å². The second-order valence-corrected chi connectivity index (χ2v) is 5.48. The van der Waals surface area contributed by atoms with Gasteiger partial charge in [0.05, 0.1) is 10.6 Å². The predicted molar refractivity (Wildman–Crippen MR) is 85.3 cm³/mol. The van der Waals surface area contributed by atoms with E-state index in [1.54, 1.807) is 6.07 Å². The number of nitrogens with two attached hydrogens (primary N) is 1. The van der Waals surface area contributed by atoms with Crippen molar-refractivity contribution in [2.24, 2.45) is 10.9 Å². The van der Waals surface area contributed by atoms with E-state index in [-0.39, 0.29) is 11.7 Å². The van der Waals surface area contributed by atoms with Crippen LogP contribution in [0.1, 0.15) is 33.3 Å². The zero-order valence-corrected chi connectivity index (χ0v) is 12.7. The van der Waals surface area contributed by atoms with Crippen molar-refractivity contribution in [3.8, 4) is 0 Å². The number of rotatable bonds is 4. The number of amides is 1. The van der Waals surface area contributed by atoms with E-state index in [2.05, 4.69) is 10.5 Å². The fourth-order valence-corrected chi connectivity index (χ4v) is 3.04. The van der Waals surface area contributed by atoms with Crippen LogP contribution in [-0.2, 0) is 6.42 Å². The van der Waals surface area contributed by atoms with Crippen molar-refractivity contribution < 1.29 is 10.0 Å². The summed E-state index contributed by atoms with van der Waals surface area (Å²) in [6, 6.07) is 7.33. The number of anilines is 1. The lowest BCUT2D eigenvalue weighted by Crippen LogP contribution is -2.20. The van der Waals surface area contributed by atoms with Gasteiger partial charge in [0.2, 0.25) is 0 Å². The van der Waals surface area contributed by atoms with Crippen molar-refractivity contribution in [3.63, 3.8) is 0 Å². The van der Waals surface area contributed by atoms with Gasteiger partial charge in [-0.1, -0.05) is 24.2 Å². The Labute approximate surface area is 127 Å². The van der Waals surface area contributed by atoms with Crippen molar-refractivity contribution in [1.82, 2.24) is 0 Å². The highest BCUT2D eigenvalue weighted by molar-refractivity contribution is 7.12. The zero-order valence-electron chi connectivity index (χ0n) is 11.9. The monoisotopic (exact) mass is 303 g/mol. The zero-order chi connectivity index (χ0) is 15.4. The summed E-state index contributed by atoms with van der Waals surface area (Å²) >= 11 is 1.40. The van der Waals surface area contributed by atoms with Crippen molar-refractivity contribution >= 4 is 28.8 Å². The molecule has 0 atom stereocenters. The summed E-state index contributed by atoms with van der Waals surface area (Å²) in [5, 5.41) is 16.7. The number of benzene rings is 1. The molecular formula is C15H17N3O2S. The van der Waals surface area contributed by atoms with Crippen molar-refractivity contribution in [2.75, 3.05) is 5.32 Å². The summed E-state index contributed by atoms with van der Waals surface area (Å²) in [7, 11) is 0. The topological polar surface area (TPSA) is 87.7 Å². The molecule has 5 nitrogen and oxygen atoms in total. The van der Waals surface area contributed by atoms with Gasteiger partial charge in [-0.25, -0.2) is 0 Å². The lowest BCUT2D eigenvalue weighted by atomic mass is 10.1. The Morgan fingerprint density at radius 2 is 2.19 bits per heavy atom. The number of nitrogens with zero attached hydrogens (tertiary/aromatic N) is 1. The highest BCUT2D eigenvalue weighted by Crippen LogP contribution is 2.23. The third-order valence-electron chi connectivity index (χ3n) is 3.22. The Morgan fingerprint density at radius 1 is 1.43 bits per heavy atom. The van der Waals surface area contributed by atoms with Crippen molar-refractivity contribution in [1.29, 1.82) is 0 Å². The molecular weight excluding hydrogens is 286 g/mol. The summed E-state index contributed by atoms with van der Waals surface area (Å²) in [6.45, 7) is 3.85. The Bertz CT molecular complexity index is 692. The molecule has 0 fully saturated rings. The highest BCUT2D eigenvalue weighted by Gasteiger charge is 2.16. The minimum Gasteiger partial charge on any atom is -0.409 e. The fourth-order valence-electron chi connectivity index (χ4n) is 2.15. The molecule has 1 aromatic carbocycles. The van der Waals surface area contributed by atoms with Gasteiger partial charge in [-0.2, -0.15) is 0 Å². The molecule has 0 spiro atoms. The minimum absolute atomic E-state index is 0.0229. The number of amidine groups is 1. The molecule has 1 heterocycles. The van der Waals surface area contributed by atoms with Crippen molar-refractivity contribution in [3.05, 3.63) is 51.2 Å². The van der Waals surface area contributed by atoms with Gasteiger partial charge in [0.25, 0.3) is 5.91 Å². The summed E-state index contributed by atoms with van der Waals surface area (Å²) in [5.41, 5.74) is 8.60. The molecule has 6 heteroatoms. The molecule has 0 bridgehead atoms. The van der Waals surface area contributed by atoms with E-state index >= 15 is 0 Å². The summed E-state index contributed by atoms with van der Waals surface area (Å²) in [6.07, 6.45) is 0.799. The molecule has 4 N–H and O–H groups in total. The maximum absolute atomic E-state index is 12.4. The standard InChI is InChI=1S/C15H17N3O2S/c1-3-10-7-8-21-13(10)15(19)17-11-6-4-5-9(2)12(11)14(16)18-20/h4-8,20H,3H2,1-2H3,(H2,16,18)(H,17,19). The van der Waals surface area contributed by atoms with E-state index in [0.717, 1.165) is 17.5 Å².